The van der Waals surface area contributed by atoms with Crippen LogP contribution in [0.3, 0.4) is 0 Å². The molecular weight excluding hydrogens is 564 g/mol. The molecule has 1 aliphatic heterocycles. The fourth-order valence-electron chi connectivity index (χ4n) is 6.48. The van der Waals surface area contributed by atoms with Crippen molar-refractivity contribution in [2.24, 2.45) is 0 Å². The molecule has 0 fully saturated rings. The van der Waals surface area contributed by atoms with Crippen molar-refractivity contribution in [1.29, 1.82) is 0 Å². The maximum absolute atomic E-state index is 14.7. The van der Waals surface area contributed by atoms with Crippen molar-refractivity contribution < 1.29 is 9.53 Å². The minimum Gasteiger partial charge on any atom is -0.385 e. The molecule has 6 aromatic carbocycles. The average molecular weight is 599 g/mol. The lowest BCUT2D eigenvalue weighted by atomic mass is 9.77. The number of rotatable bonds is 6. The van der Waals surface area contributed by atoms with Gasteiger partial charge in [-0.1, -0.05) is 140 Å². The highest BCUT2D eigenvalue weighted by Gasteiger charge is 2.39. The lowest BCUT2D eigenvalue weighted by Gasteiger charge is -2.24. The van der Waals surface area contributed by atoms with E-state index in [-0.39, 0.29) is 5.91 Å². The molecule has 0 atom stereocenters. The third kappa shape index (κ3) is 5.03. The van der Waals surface area contributed by atoms with Crippen LogP contribution in [-0.2, 0) is 4.74 Å². The van der Waals surface area contributed by atoms with Gasteiger partial charge in [-0.05, 0) is 51.9 Å². The number of imidazole rings is 1. The lowest BCUT2D eigenvalue weighted by molar-refractivity contribution is 0.0974. The highest BCUT2D eigenvalue weighted by Crippen LogP contribution is 2.55. The van der Waals surface area contributed by atoms with Crippen molar-refractivity contribution in [3.63, 3.8) is 0 Å². The number of hydrogen-bond acceptors (Lipinski definition) is 3. The zero-order valence-electron chi connectivity index (χ0n) is 26.0. The molecule has 0 unspecified atom stereocenters. The van der Waals surface area contributed by atoms with E-state index < -0.39 is 0 Å². The van der Waals surface area contributed by atoms with Crippen LogP contribution in [0.1, 0.15) is 23.7 Å². The number of para-hydroxylation sites is 2. The van der Waals surface area contributed by atoms with Crippen molar-refractivity contribution in [3.05, 3.63) is 151 Å². The van der Waals surface area contributed by atoms with Gasteiger partial charge in [0.15, 0.2) is 0 Å². The molecule has 0 spiro atoms. The van der Waals surface area contributed by atoms with Crippen LogP contribution in [0, 0.1) is 0 Å². The standard InChI is InChI=1S/C38H24N2O.C4H10O/c41-38-36-34(28-21-11-4-12-22-28)32(26-17-7-2-8-18-26)31(25-15-5-1-6-16-25)33(27-19-9-3-10-20-27)35(36)37-39-29-23-13-14-24-30(29)40(37)38;1-3-4-5-2/h1-24H;3-4H2,1-2H3. The summed E-state index contributed by atoms with van der Waals surface area (Å²) in [6, 6.07) is 49.6. The molecule has 1 aliphatic rings. The summed E-state index contributed by atoms with van der Waals surface area (Å²) in [4.78, 5) is 19.8. The third-order valence-electron chi connectivity index (χ3n) is 8.36. The minimum atomic E-state index is -0.0449. The Balaban J connectivity index is 0.000000630. The summed E-state index contributed by atoms with van der Waals surface area (Å²) in [7, 11) is 1.71. The number of benzene rings is 6. The summed E-state index contributed by atoms with van der Waals surface area (Å²) in [5.41, 5.74) is 11.5. The minimum absolute atomic E-state index is 0.0449. The largest absolute Gasteiger partial charge is 0.385 e. The predicted molar refractivity (Wildman–Crippen MR) is 189 cm³/mol. The fourth-order valence-corrected chi connectivity index (χ4v) is 6.48. The molecular formula is C42H34N2O2. The van der Waals surface area contributed by atoms with Gasteiger partial charge >= 0.3 is 0 Å². The molecule has 7 aromatic rings. The van der Waals surface area contributed by atoms with Gasteiger partial charge in [0, 0.05) is 30.4 Å². The van der Waals surface area contributed by atoms with Crippen LogP contribution in [0.4, 0.5) is 0 Å². The first-order chi connectivity index (χ1) is 22.7. The smallest absolute Gasteiger partial charge is 0.265 e. The van der Waals surface area contributed by atoms with E-state index in [1.807, 2.05) is 65.2 Å². The second kappa shape index (κ2) is 12.8. The van der Waals surface area contributed by atoms with Crippen LogP contribution in [-0.4, -0.2) is 29.2 Å². The highest BCUT2D eigenvalue weighted by molar-refractivity contribution is 6.24. The molecule has 0 bridgehead atoms. The molecule has 0 amide bonds. The van der Waals surface area contributed by atoms with Gasteiger partial charge in [-0.2, -0.15) is 0 Å². The monoisotopic (exact) mass is 598 g/mol. The zero-order valence-corrected chi connectivity index (χ0v) is 26.0. The van der Waals surface area contributed by atoms with Gasteiger partial charge < -0.3 is 4.74 Å². The van der Waals surface area contributed by atoms with Crippen molar-refractivity contribution in [3.8, 4) is 55.9 Å². The molecule has 0 N–H and O–H groups in total. The van der Waals surface area contributed by atoms with Crippen molar-refractivity contribution >= 4 is 16.9 Å². The summed E-state index contributed by atoms with van der Waals surface area (Å²) >= 11 is 0. The third-order valence-corrected chi connectivity index (χ3v) is 8.36. The summed E-state index contributed by atoms with van der Waals surface area (Å²) < 4.78 is 6.50. The number of fused-ring (bicyclic) bond motifs is 5. The first-order valence-electron chi connectivity index (χ1n) is 15.7. The molecule has 224 valence electrons. The summed E-state index contributed by atoms with van der Waals surface area (Å²) in [5.74, 6) is 0.649. The van der Waals surface area contributed by atoms with E-state index in [0.29, 0.717) is 11.4 Å². The van der Waals surface area contributed by atoms with Crippen LogP contribution in [0.5, 0.6) is 0 Å². The van der Waals surface area contributed by atoms with Gasteiger partial charge in [0.25, 0.3) is 5.91 Å². The van der Waals surface area contributed by atoms with E-state index >= 15 is 0 Å². The molecule has 1 aromatic heterocycles. The zero-order chi connectivity index (χ0) is 31.5. The molecule has 0 aliphatic carbocycles. The van der Waals surface area contributed by atoms with Crippen LogP contribution in [0.25, 0.3) is 66.9 Å². The van der Waals surface area contributed by atoms with Crippen LogP contribution >= 0.6 is 0 Å². The summed E-state index contributed by atoms with van der Waals surface area (Å²) in [5, 5.41) is 0. The summed E-state index contributed by atoms with van der Waals surface area (Å²) in [6.45, 7) is 2.98. The quantitative estimate of drug-likeness (QED) is 0.191. The maximum atomic E-state index is 14.7. The van der Waals surface area contributed by atoms with E-state index in [1.165, 1.54) is 0 Å². The van der Waals surface area contributed by atoms with Crippen molar-refractivity contribution in [2.45, 2.75) is 13.3 Å². The molecule has 2 heterocycles. The SMILES string of the molecule is CCCOC.O=C1c2c(-c3ccccc3)c(-c3ccccc3)c(-c3ccccc3)c(-c3ccccc3)c2-c2nc3ccccc3n21. The number of carbonyl (C=O) groups is 1. The molecule has 4 nitrogen and oxygen atoms in total. The topological polar surface area (TPSA) is 44.1 Å². The number of nitrogens with zero attached hydrogens (tertiary/aromatic N) is 2. The Kier molecular flexibility index (Phi) is 8.11. The maximum Gasteiger partial charge on any atom is 0.265 e. The molecule has 0 saturated heterocycles. The molecule has 0 radical (unpaired) electrons. The van der Waals surface area contributed by atoms with E-state index in [9.17, 15) is 4.79 Å². The van der Waals surface area contributed by atoms with E-state index in [1.54, 1.807) is 7.11 Å². The van der Waals surface area contributed by atoms with Gasteiger partial charge in [0.05, 0.1) is 16.6 Å². The number of carbonyl (C=O) groups excluding carboxylic acids is 1. The van der Waals surface area contributed by atoms with Crippen LogP contribution in [0.15, 0.2) is 146 Å². The second-order valence-corrected chi connectivity index (χ2v) is 11.3. The van der Waals surface area contributed by atoms with Crippen LogP contribution in [0.2, 0.25) is 0 Å². The fraction of sp³-hybridized carbons (Fsp3) is 0.0952. The Labute approximate surface area is 269 Å². The number of aromatic nitrogens is 2. The molecule has 0 saturated carbocycles. The number of methoxy groups -OCH3 is 1. The van der Waals surface area contributed by atoms with Gasteiger partial charge in [-0.25, -0.2) is 4.98 Å². The van der Waals surface area contributed by atoms with Crippen molar-refractivity contribution in [2.75, 3.05) is 13.7 Å². The van der Waals surface area contributed by atoms with Crippen LogP contribution < -0.4 is 0 Å². The molecule has 4 heteroatoms. The summed E-state index contributed by atoms with van der Waals surface area (Å²) in [6.07, 6.45) is 1.12. The Bertz CT molecular complexity index is 2130. The highest BCUT2D eigenvalue weighted by atomic mass is 16.5. The Hall–Kier alpha value is -5.58. The van der Waals surface area contributed by atoms with E-state index in [2.05, 4.69) is 91.9 Å². The predicted octanol–water partition coefficient (Wildman–Crippen LogP) is 10.4. The Morgan fingerprint density at radius 3 is 1.33 bits per heavy atom. The van der Waals surface area contributed by atoms with Crippen molar-refractivity contribution in [1.82, 2.24) is 9.55 Å². The molecule has 46 heavy (non-hydrogen) atoms. The van der Waals surface area contributed by atoms with E-state index in [4.69, 9.17) is 9.72 Å². The normalized spacial score (nSPS) is 11.6. The second-order valence-electron chi connectivity index (χ2n) is 11.3. The average Bonchev–Trinajstić information content (AvgIpc) is 3.64. The van der Waals surface area contributed by atoms with Gasteiger partial charge in [-0.15, -0.1) is 0 Å². The van der Waals surface area contributed by atoms with Gasteiger partial charge in [-0.3, -0.25) is 9.36 Å². The van der Waals surface area contributed by atoms with Gasteiger partial charge in [0.1, 0.15) is 5.82 Å². The Morgan fingerprint density at radius 1 is 0.522 bits per heavy atom. The first-order valence-corrected chi connectivity index (χ1v) is 15.7. The molecule has 8 rings (SSSR count). The first kappa shape index (κ1) is 29.1. The van der Waals surface area contributed by atoms with Gasteiger partial charge in [0.2, 0.25) is 0 Å². The number of ether oxygens (including phenoxy) is 1. The number of hydrogen-bond donors (Lipinski definition) is 0. The lowest BCUT2D eigenvalue weighted by Crippen LogP contribution is -2.09. The van der Waals surface area contributed by atoms with E-state index in [0.717, 1.165) is 74.1 Å². The Morgan fingerprint density at radius 2 is 0.913 bits per heavy atom.